The second kappa shape index (κ2) is 6.60. The summed E-state index contributed by atoms with van der Waals surface area (Å²) in [5.41, 5.74) is 1.02. The van der Waals surface area contributed by atoms with E-state index in [9.17, 15) is 0 Å². The minimum absolute atomic E-state index is 0.701. The van der Waals surface area contributed by atoms with Gasteiger partial charge in [0.05, 0.1) is 27.0 Å². The number of ether oxygens (including phenoxy) is 2. The number of aromatic nitrogens is 3. The topological polar surface area (TPSA) is 44.4 Å². The molecule has 2 aromatic rings. The highest BCUT2D eigenvalue weighted by Gasteiger charge is 2.15. The summed E-state index contributed by atoms with van der Waals surface area (Å²) >= 11 is 5.51. The average Bonchev–Trinajstić information content (AvgIpc) is 2.84. The van der Waals surface area contributed by atoms with Crippen LogP contribution in [0.5, 0.6) is 5.75 Å². The highest BCUT2D eigenvalue weighted by Crippen LogP contribution is 2.21. The van der Waals surface area contributed by atoms with Crippen molar-refractivity contribution < 1.29 is 9.47 Å². The standard InChI is InChI=1S/C15H20N4O2S/c1-17-14(12-3-5-13(20-2)6-4-12)16-19(15(17)22)11-18-7-9-21-10-8-18/h3-6H,7-11H2,1-2H3. The molecule has 118 valence electrons. The van der Waals surface area contributed by atoms with Gasteiger partial charge in [-0.1, -0.05) is 0 Å². The SMILES string of the molecule is COc1ccc(-c2nn(CN3CCOCC3)c(=S)n2C)cc1. The van der Waals surface area contributed by atoms with Crippen LogP contribution in [0.2, 0.25) is 0 Å². The summed E-state index contributed by atoms with van der Waals surface area (Å²) in [7, 11) is 3.61. The number of hydrogen-bond donors (Lipinski definition) is 0. The van der Waals surface area contributed by atoms with Gasteiger partial charge in [-0.05, 0) is 36.5 Å². The summed E-state index contributed by atoms with van der Waals surface area (Å²) in [5.74, 6) is 1.69. The first-order valence-corrected chi connectivity index (χ1v) is 7.68. The van der Waals surface area contributed by atoms with E-state index in [1.165, 1.54) is 0 Å². The molecule has 3 rings (SSSR count). The zero-order valence-corrected chi connectivity index (χ0v) is 13.7. The smallest absolute Gasteiger partial charge is 0.199 e. The molecule has 0 amide bonds. The number of morpholine rings is 1. The van der Waals surface area contributed by atoms with Crippen molar-refractivity contribution >= 4 is 12.2 Å². The van der Waals surface area contributed by atoms with Crippen molar-refractivity contribution in [1.82, 2.24) is 19.2 Å². The van der Waals surface area contributed by atoms with Crippen molar-refractivity contribution in [3.8, 4) is 17.1 Å². The van der Waals surface area contributed by atoms with Gasteiger partial charge in [0, 0.05) is 25.7 Å². The normalized spacial score (nSPS) is 15.9. The van der Waals surface area contributed by atoms with Crippen LogP contribution in [0.25, 0.3) is 11.4 Å². The lowest BCUT2D eigenvalue weighted by atomic mass is 10.2. The summed E-state index contributed by atoms with van der Waals surface area (Å²) in [6.45, 7) is 4.07. The molecule has 22 heavy (non-hydrogen) atoms. The molecule has 6 nitrogen and oxygen atoms in total. The summed E-state index contributed by atoms with van der Waals surface area (Å²) in [6.07, 6.45) is 0. The van der Waals surface area contributed by atoms with Crippen LogP contribution in [-0.4, -0.2) is 52.7 Å². The van der Waals surface area contributed by atoms with Gasteiger partial charge in [-0.3, -0.25) is 4.90 Å². The van der Waals surface area contributed by atoms with E-state index in [1.807, 2.05) is 40.6 Å². The lowest BCUT2D eigenvalue weighted by Crippen LogP contribution is -2.37. The Kier molecular flexibility index (Phi) is 4.56. The van der Waals surface area contributed by atoms with E-state index in [4.69, 9.17) is 21.7 Å². The van der Waals surface area contributed by atoms with E-state index >= 15 is 0 Å². The van der Waals surface area contributed by atoms with Crippen LogP contribution < -0.4 is 4.74 Å². The summed E-state index contributed by atoms with van der Waals surface area (Å²) in [6, 6.07) is 7.85. The Labute approximate surface area is 134 Å². The van der Waals surface area contributed by atoms with Crippen LogP contribution in [0.1, 0.15) is 0 Å². The van der Waals surface area contributed by atoms with E-state index < -0.39 is 0 Å². The molecule has 0 saturated carbocycles. The van der Waals surface area contributed by atoms with Gasteiger partial charge in [0.1, 0.15) is 5.75 Å². The van der Waals surface area contributed by atoms with Crippen molar-refractivity contribution in [1.29, 1.82) is 0 Å². The van der Waals surface area contributed by atoms with Crippen LogP contribution in [0, 0.1) is 4.77 Å². The predicted molar refractivity (Wildman–Crippen MR) is 86.4 cm³/mol. The van der Waals surface area contributed by atoms with Crippen LogP contribution in [0.3, 0.4) is 0 Å². The zero-order chi connectivity index (χ0) is 15.5. The average molecular weight is 320 g/mol. The van der Waals surface area contributed by atoms with Gasteiger partial charge < -0.3 is 14.0 Å². The molecule has 0 unspecified atom stereocenters. The Morgan fingerprint density at radius 1 is 1.23 bits per heavy atom. The summed E-state index contributed by atoms with van der Waals surface area (Å²) < 4.78 is 15.1. The van der Waals surface area contributed by atoms with Gasteiger partial charge in [0.2, 0.25) is 0 Å². The highest BCUT2D eigenvalue weighted by atomic mass is 32.1. The van der Waals surface area contributed by atoms with Crippen LogP contribution in [0.4, 0.5) is 0 Å². The van der Waals surface area contributed by atoms with Gasteiger partial charge in [0.15, 0.2) is 10.6 Å². The van der Waals surface area contributed by atoms with E-state index in [1.54, 1.807) is 7.11 Å². The van der Waals surface area contributed by atoms with Crippen LogP contribution in [-0.2, 0) is 18.5 Å². The maximum atomic E-state index is 5.51. The molecule has 1 aliphatic heterocycles. The van der Waals surface area contributed by atoms with Gasteiger partial charge >= 0.3 is 0 Å². The monoisotopic (exact) mass is 320 g/mol. The maximum absolute atomic E-state index is 5.51. The fraction of sp³-hybridized carbons (Fsp3) is 0.467. The molecule has 1 aliphatic rings. The molecule has 0 bridgehead atoms. The fourth-order valence-electron chi connectivity index (χ4n) is 2.50. The first kappa shape index (κ1) is 15.2. The number of methoxy groups -OCH3 is 1. The third-order valence-corrected chi connectivity index (χ3v) is 4.31. The molecular weight excluding hydrogens is 300 g/mol. The first-order valence-electron chi connectivity index (χ1n) is 7.27. The Morgan fingerprint density at radius 2 is 1.91 bits per heavy atom. The molecule has 1 aromatic heterocycles. The Balaban J connectivity index is 1.86. The number of rotatable bonds is 4. The molecule has 1 saturated heterocycles. The first-order chi connectivity index (χ1) is 10.7. The third kappa shape index (κ3) is 3.06. The minimum atomic E-state index is 0.701. The quantitative estimate of drug-likeness (QED) is 0.805. The fourth-order valence-corrected chi connectivity index (χ4v) is 2.69. The molecule has 7 heteroatoms. The Morgan fingerprint density at radius 3 is 2.55 bits per heavy atom. The van der Waals surface area contributed by atoms with E-state index in [-0.39, 0.29) is 0 Å². The molecule has 0 N–H and O–H groups in total. The van der Waals surface area contributed by atoms with E-state index in [2.05, 4.69) is 10.00 Å². The number of benzene rings is 1. The van der Waals surface area contributed by atoms with Crippen molar-refractivity contribution in [3.63, 3.8) is 0 Å². The van der Waals surface area contributed by atoms with Crippen LogP contribution in [0.15, 0.2) is 24.3 Å². The minimum Gasteiger partial charge on any atom is -0.497 e. The van der Waals surface area contributed by atoms with Gasteiger partial charge in [-0.2, -0.15) is 5.10 Å². The molecule has 0 aliphatic carbocycles. The molecule has 0 spiro atoms. The lowest BCUT2D eigenvalue weighted by molar-refractivity contribution is 0.0210. The molecule has 0 atom stereocenters. The van der Waals surface area contributed by atoms with Crippen LogP contribution >= 0.6 is 12.2 Å². The summed E-state index contributed by atoms with van der Waals surface area (Å²) in [5, 5.41) is 4.68. The van der Waals surface area contributed by atoms with Crippen molar-refractivity contribution in [2.75, 3.05) is 33.4 Å². The van der Waals surface area contributed by atoms with Crippen molar-refractivity contribution in [2.24, 2.45) is 7.05 Å². The van der Waals surface area contributed by atoms with Crippen molar-refractivity contribution in [2.45, 2.75) is 6.67 Å². The largest absolute Gasteiger partial charge is 0.497 e. The summed E-state index contributed by atoms with van der Waals surface area (Å²) in [4.78, 5) is 2.30. The van der Waals surface area contributed by atoms with E-state index in [0.717, 1.165) is 48.2 Å². The van der Waals surface area contributed by atoms with Gasteiger partial charge in [-0.15, -0.1) is 0 Å². The maximum Gasteiger partial charge on any atom is 0.199 e. The number of nitrogens with zero attached hydrogens (tertiary/aromatic N) is 4. The molecule has 0 radical (unpaired) electrons. The van der Waals surface area contributed by atoms with Crippen molar-refractivity contribution in [3.05, 3.63) is 29.0 Å². The second-order valence-corrected chi connectivity index (χ2v) is 5.63. The van der Waals surface area contributed by atoms with Gasteiger partial charge in [0.25, 0.3) is 0 Å². The predicted octanol–water partition coefficient (Wildman–Crippen LogP) is 1.92. The molecule has 2 heterocycles. The zero-order valence-electron chi connectivity index (χ0n) is 12.9. The third-order valence-electron chi connectivity index (χ3n) is 3.83. The molecule has 1 aromatic carbocycles. The number of hydrogen-bond acceptors (Lipinski definition) is 5. The lowest BCUT2D eigenvalue weighted by Gasteiger charge is -2.25. The van der Waals surface area contributed by atoms with Gasteiger partial charge in [-0.25, -0.2) is 4.68 Å². The Bertz CT molecular complexity index is 687. The van der Waals surface area contributed by atoms with E-state index in [0.29, 0.717) is 6.67 Å². The Hall–Kier alpha value is -1.70. The molecular formula is C15H20N4O2S. The second-order valence-electron chi connectivity index (χ2n) is 5.27. The highest BCUT2D eigenvalue weighted by molar-refractivity contribution is 7.71. The molecule has 1 fully saturated rings.